The highest BCUT2D eigenvalue weighted by molar-refractivity contribution is 6.36. The van der Waals surface area contributed by atoms with E-state index in [1.54, 1.807) is 6.07 Å². The van der Waals surface area contributed by atoms with Gasteiger partial charge in [0.1, 0.15) is 5.60 Å². The van der Waals surface area contributed by atoms with Crippen LogP contribution in [0.2, 0.25) is 10.0 Å². The first kappa shape index (κ1) is 14.3. The van der Waals surface area contributed by atoms with Crippen LogP contribution in [-0.4, -0.2) is 34.9 Å². The predicted octanol–water partition coefficient (Wildman–Crippen LogP) is 1.47. The van der Waals surface area contributed by atoms with Crippen LogP contribution in [0, 0.1) is 0 Å². The van der Waals surface area contributed by atoms with Crippen LogP contribution in [0.1, 0.15) is 17.3 Å². The number of rotatable bonds is 4. The zero-order valence-corrected chi connectivity index (χ0v) is 10.7. The average Bonchev–Trinajstić information content (AvgIpc) is 2.26. The molecule has 0 radical (unpaired) electrons. The van der Waals surface area contributed by atoms with E-state index in [9.17, 15) is 9.90 Å². The highest BCUT2D eigenvalue weighted by Gasteiger charge is 2.20. The molecule has 1 amide bonds. The van der Waals surface area contributed by atoms with Gasteiger partial charge in [-0.1, -0.05) is 23.2 Å². The van der Waals surface area contributed by atoms with Crippen LogP contribution in [0.4, 0.5) is 0 Å². The van der Waals surface area contributed by atoms with E-state index < -0.39 is 18.1 Å². The lowest BCUT2D eigenvalue weighted by molar-refractivity contribution is 0.00320. The molecule has 0 saturated heterocycles. The number of aliphatic hydroxyl groups is 2. The summed E-state index contributed by atoms with van der Waals surface area (Å²) >= 11 is 11.6. The molecular formula is C11H13Cl2NO3. The van der Waals surface area contributed by atoms with E-state index in [2.05, 4.69) is 5.32 Å². The lowest BCUT2D eigenvalue weighted by Crippen LogP contribution is -2.43. The van der Waals surface area contributed by atoms with Crippen molar-refractivity contribution in [3.05, 3.63) is 33.8 Å². The second-order valence-electron chi connectivity index (χ2n) is 3.96. The summed E-state index contributed by atoms with van der Waals surface area (Å²) < 4.78 is 0. The van der Waals surface area contributed by atoms with E-state index in [0.29, 0.717) is 5.02 Å². The Balaban J connectivity index is 2.71. The number of hydrogen-bond acceptors (Lipinski definition) is 3. The molecule has 0 aromatic heterocycles. The fraction of sp³-hybridized carbons (Fsp3) is 0.364. The highest BCUT2D eigenvalue weighted by Crippen LogP contribution is 2.20. The van der Waals surface area contributed by atoms with E-state index in [1.165, 1.54) is 19.1 Å². The van der Waals surface area contributed by atoms with Crippen molar-refractivity contribution >= 4 is 29.1 Å². The number of halogens is 2. The number of carbonyl (C=O) groups is 1. The van der Waals surface area contributed by atoms with Gasteiger partial charge in [-0.25, -0.2) is 0 Å². The monoisotopic (exact) mass is 277 g/mol. The smallest absolute Gasteiger partial charge is 0.252 e. The minimum absolute atomic E-state index is 0.0682. The molecule has 0 aliphatic heterocycles. The lowest BCUT2D eigenvalue weighted by atomic mass is 10.1. The third-order valence-electron chi connectivity index (χ3n) is 2.15. The zero-order chi connectivity index (χ0) is 13.1. The van der Waals surface area contributed by atoms with Crippen molar-refractivity contribution in [2.45, 2.75) is 12.5 Å². The van der Waals surface area contributed by atoms with Crippen molar-refractivity contribution in [3.63, 3.8) is 0 Å². The van der Waals surface area contributed by atoms with Gasteiger partial charge < -0.3 is 15.5 Å². The summed E-state index contributed by atoms with van der Waals surface area (Å²) in [7, 11) is 0. The van der Waals surface area contributed by atoms with Crippen molar-refractivity contribution in [1.29, 1.82) is 0 Å². The van der Waals surface area contributed by atoms with Crippen molar-refractivity contribution in [3.8, 4) is 0 Å². The van der Waals surface area contributed by atoms with Crippen LogP contribution in [0.25, 0.3) is 0 Å². The Labute approximate surface area is 109 Å². The Bertz CT molecular complexity index is 421. The fourth-order valence-electron chi connectivity index (χ4n) is 1.10. The molecule has 3 N–H and O–H groups in total. The van der Waals surface area contributed by atoms with E-state index >= 15 is 0 Å². The maximum atomic E-state index is 11.7. The van der Waals surface area contributed by atoms with E-state index in [-0.39, 0.29) is 17.1 Å². The minimum Gasteiger partial charge on any atom is -0.393 e. The Morgan fingerprint density at radius 3 is 2.65 bits per heavy atom. The summed E-state index contributed by atoms with van der Waals surface area (Å²) in [6, 6.07) is 4.50. The van der Waals surface area contributed by atoms with Gasteiger partial charge in [-0.3, -0.25) is 4.79 Å². The second kappa shape index (κ2) is 5.69. The molecule has 1 aromatic carbocycles. The SMILES string of the molecule is CC(O)(CO)CNC(=O)c1ccc(Cl)cc1Cl. The molecule has 1 rings (SSSR count). The molecular weight excluding hydrogens is 265 g/mol. The Hall–Kier alpha value is -0.810. The maximum Gasteiger partial charge on any atom is 0.252 e. The largest absolute Gasteiger partial charge is 0.393 e. The van der Waals surface area contributed by atoms with Crippen LogP contribution in [0.3, 0.4) is 0 Å². The van der Waals surface area contributed by atoms with Crippen LogP contribution in [0.5, 0.6) is 0 Å². The highest BCUT2D eigenvalue weighted by atomic mass is 35.5. The van der Waals surface area contributed by atoms with Crippen LogP contribution in [0.15, 0.2) is 18.2 Å². The fourth-order valence-corrected chi connectivity index (χ4v) is 1.59. The topological polar surface area (TPSA) is 69.6 Å². The number of benzene rings is 1. The summed E-state index contributed by atoms with van der Waals surface area (Å²) in [6.45, 7) is 0.902. The van der Waals surface area contributed by atoms with Crippen LogP contribution < -0.4 is 5.32 Å². The number of nitrogens with one attached hydrogen (secondary N) is 1. The first-order chi connectivity index (χ1) is 7.85. The third-order valence-corrected chi connectivity index (χ3v) is 2.69. The van der Waals surface area contributed by atoms with Gasteiger partial charge in [0.2, 0.25) is 0 Å². The van der Waals surface area contributed by atoms with Crippen molar-refractivity contribution < 1.29 is 15.0 Å². The predicted molar refractivity (Wildman–Crippen MR) is 66.5 cm³/mol. The van der Waals surface area contributed by atoms with Crippen molar-refractivity contribution in [2.75, 3.05) is 13.2 Å². The molecule has 0 saturated carbocycles. The summed E-state index contributed by atoms with van der Waals surface area (Å²) in [4.78, 5) is 11.7. The summed E-state index contributed by atoms with van der Waals surface area (Å²) in [6.07, 6.45) is 0. The summed E-state index contributed by atoms with van der Waals surface area (Å²) in [5.41, 5.74) is -1.08. The van der Waals surface area contributed by atoms with Crippen molar-refractivity contribution in [1.82, 2.24) is 5.32 Å². The molecule has 4 nitrogen and oxygen atoms in total. The number of aliphatic hydroxyl groups excluding tert-OH is 1. The van der Waals surface area contributed by atoms with Gasteiger partial charge in [-0.15, -0.1) is 0 Å². The van der Waals surface area contributed by atoms with Gasteiger partial charge in [-0.05, 0) is 25.1 Å². The molecule has 0 aliphatic rings. The minimum atomic E-state index is -1.35. The molecule has 17 heavy (non-hydrogen) atoms. The van der Waals surface area contributed by atoms with Gasteiger partial charge in [0.25, 0.3) is 5.91 Å². The van der Waals surface area contributed by atoms with Crippen molar-refractivity contribution in [2.24, 2.45) is 0 Å². The molecule has 0 heterocycles. The molecule has 1 aromatic rings. The quantitative estimate of drug-likeness (QED) is 0.781. The van der Waals surface area contributed by atoms with Gasteiger partial charge in [0, 0.05) is 11.6 Å². The first-order valence-electron chi connectivity index (χ1n) is 4.92. The second-order valence-corrected chi connectivity index (χ2v) is 4.81. The maximum absolute atomic E-state index is 11.7. The Morgan fingerprint density at radius 1 is 1.47 bits per heavy atom. The standard InChI is InChI=1S/C11H13Cl2NO3/c1-11(17,6-15)5-14-10(16)8-3-2-7(12)4-9(8)13/h2-4,15,17H,5-6H2,1H3,(H,14,16). The normalized spacial score (nSPS) is 14.2. The van der Waals surface area contributed by atoms with Crippen LogP contribution >= 0.6 is 23.2 Å². The van der Waals surface area contributed by atoms with E-state index in [4.69, 9.17) is 28.3 Å². The molecule has 0 bridgehead atoms. The van der Waals surface area contributed by atoms with E-state index in [1.807, 2.05) is 0 Å². The summed E-state index contributed by atoms with van der Waals surface area (Å²) in [5, 5.41) is 21.5. The van der Waals surface area contributed by atoms with Gasteiger partial charge in [0.05, 0.1) is 17.2 Å². The molecule has 94 valence electrons. The number of carbonyl (C=O) groups excluding carboxylic acids is 1. The van der Waals surface area contributed by atoms with Gasteiger partial charge in [-0.2, -0.15) is 0 Å². The zero-order valence-electron chi connectivity index (χ0n) is 9.20. The number of amides is 1. The molecule has 0 spiro atoms. The molecule has 0 fully saturated rings. The average molecular weight is 278 g/mol. The molecule has 1 unspecified atom stereocenters. The third kappa shape index (κ3) is 4.16. The number of hydrogen-bond donors (Lipinski definition) is 3. The van der Waals surface area contributed by atoms with Gasteiger partial charge >= 0.3 is 0 Å². The molecule has 0 aliphatic carbocycles. The Kier molecular flexibility index (Phi) is 4.77. The Morgan fingerprint density at radius 2 is 2.12 bits per heavy atom. The molecule has 6 heteroatoms. The van der Waals surface area contributed by atoms with Gasteiger partial charge in [0.15, 0.2) is 0 Å². The van der Waals surface area contributed by atoms with Crippen LogP contribution in [-0.2, 0) is 0 Å². The van der Waals surface area contributed by atoms with E-state index in [0.717, 1.165) is 0 Å². The molecule has 1 atom stereocenters. The first-order valence-corrected chi connectivity index (χ1v) is 5.68. The lowest BCUT2D eigenvalue weighted by Gasteiger charge is -2.20. The summed E-state index contributed by atoms with van der Waals surface area (Å²) in [5.74, 6) is -0.430.